The molecule has 0 bridgehead atoms. The lowest BCUT2D eigenvalue weighted by Crippen LogP contribution is -2.45. The molecule has 0 amide bonds. The Morgan fingerprint density at radius 2 is 2.05 bits per heavy atom. The van der Waals surface area contributed by atoms with Crippen LogP contribution in [0.1, 0.15) is 44.4 Å². The van der Waals surface area contributed by atoms with Gasteiger partial charge in [0.1, 0.15) is 0 Å². The summed E-state index contributed by atoms with van der Waals surface area (Å²) in [6.07, 6.45) is 2.86. The number of hydrogen-bond donors (Lipinski definition) is 1. The summed E-state index contributed by atoms with van der Waals surface area (Å²) in [5.74, 6) is 1.56. The van der Waals surface area contributed by atoms with Crippen LogP contribution in [0, 0.1) is 5.41 Å². The highest BCUT2D eigenvalue weighted by atomic mass is 16.5. The summed E-state index contributed by atoms with van der Waals surface area (Å²) in [6.45, 7) is 8.27. The van der Waals surface area contributed by atoms with Crippen LogP contribution in [0.2, 0.25) is 0 Å². The van der Waals surface area contributed by atoms with Crippen LogP contribution in [0.25, 0.3) is 0 Å². The van der Waals surface area contributed by atoms with E-state index < -0.39 is 0 Å². The predicted molar refractivity (Wildman–Crippen MR) is 82.9 cm³/mol. The zero-order valence-electron chi connectivity index (χ0n) is 13.8. The van der Waals surface area contributed by atoms with Crippen molar-refractivity contribution in [2.75, 3.05) is 40.3 Å². The highest BCUT2D eigenvalue weighted by Gasteiger charge is 2.28. The minimum absolute atomic E-state index is 0.227. The topological polar surface area (TPSA) is 71.4 Å². The Morgan fingerprint density at radius 3 is 2.76 bits per heavy atom. The minimum atomic E-state index is 0.227. The van der Waals surface area contributed by atoms with Crippen molar-refractivity contribution >= 4 is 0 Å². The van der Waals surface area contributed by atoms with Crippen molar-refractivity contribution in [2.24, 2.45) is 11.1 Å². The molecule has 1 aliphatic rings. The fourth-order valence-corrected chi connectivity index (χ4v) is 2.75. The number of rotatable bonds is 6. The Labute approximate surface area is 127 Å². The van der Waals surface area contributed by atoms with Crippen LogP contribution >= 0.6 is 0 Å². The van der Waals surface area contributed by atoms with Crippen LogP contribution in [0.4, 0.5) is 0 Å². The van der Waals surface area contributed by atoms with Gasteiger partial charge in [0.2, 0.25) is 5.89 Å². The number of piperazine rings is 1. The van der Waals surface area contributed by atoms with Gasteiger partial charge in [-0.3, -0.25) is 4.90 Å². The van der Waals surface area contributed by atoms with E-state index in [1.54, 1.807) is 0 Å². The van der Waals surface area contributed by atoms with Gasteiger partial charge >= 0.3 is 0 Å². The summed E-state index contributed by atoms with van der Waals surface area (Å²) in [5.41, 5.74) is 5.88. The Kier molecular flexibility index (Phi) is 5.35. The molecule has 21 heavy (non-hydrogen) atoms. The molecule has 2 rings (SSSR count). The zero-order chi connectivity index (χ0) is 15.5. The van der Waals surface area contributed by atoms with E-state index in [4.69, 9.17) is 10.3 Å². The first kappa shape index (κ1) is 16.4. The van der Waals surface area contributed by atoms with Crippen molar-refractivity contribution in [1.29, 1.82) is 0 Å². The fraction of sp³-hybridized carbons (Fsp3) is 0.867. The molecular formula is C15H29N5O. The number of likely N-dealkylation sites (N-methyl/N-ethyl adjacent to an activating group) is 2. The third kappa shape index (κ3) is 4.49. The molecule has 1 aliphatic heterocycles. The molecule has 0 spiro atoms. The van der Waals surface area contributed by atoms with Gasteiger partial charge < -0.3 is 15.2 Å². The second-order valence-electron chi connectivity index (χ2n) is 7.01. The summed E-state index contributed by atoms with van der Waals surface area (Å²) in [4.78, 5) is 9.21. The molecular weight excluding hydrogens is 266 g/mol. The quantitative estimate of drug-likeness (QED) is 0.853. The highest BCUT2D eigenvalue weighted by molar-refractivity contribution is 4.98. The van der Waals surface area contributed by atoms with E-state index in [0.717, 1.165) is 57.2 Å². The molecule has 1 saturated heterocycles. The molecule has 0 radical (unpaired) electrons. The van der Waals surface area contributed by atoms with E-state index in [-0.39, 0.29) is 11.5 Å². The zero-order valence-corrected chi connectivity index (χ0v) is 13.8. The monoisotopic (exact) mass is 295 g/mol. The van der Waals surface area contributed by atoms with Crippen molar-refractivity contribution in [3.05, 3.63) is 11.7 Å². The summed E-state index contributed by atoms with van der Waals surface area (Å²) in [6, 6.07) is 0.235. The van der Waals surface area contributed by atoms with Gasteiger partial charge in [-0.2, -0.15) is 4.98 Å². The largest absolute Gasteiger partial charge is 0.339 e. The van der Waals surface area contributed by atoms with Gasteiger partial charge in [0.05, 0.1) is 6.04 Å². The molecule has 1 aromatic heterocycles. The maximum Gasteiger partial charge on any atom is 0.226 e. The molecule has 1 unspecified atom stereocenters. The Morgan fingerprint density at radius 1 is 1.29 bits per heavy atom. The molecule has 1 atom stereocenters. The van der Waals surface area contributed by atoms with E-state index in [1.165, 1.54) is 0 Å². The second-order valence-corrected chi connectivity index (χ2v) is 7.01. The van der Waals surface area contributed by atoms with Gasteiger partial charge in [-0.15, -0.1) is 0 Å². The average Bonchev–Trinajstić information content (AvgIpc) is 2.88. The van der Waals surface area contributed by atoms with E-state index in [0.29, 0.717) is 0 Å². The van der Waals surface area contributed by atoms with Crippen molar-refractivity contribution in [1.82, 2.24) is 19.9 Å². The van der Waals surface area contributed by atoms with Crippen LogP contribution in [0.3, 0.4) is 0 Å². The van der Waals surface area contributed by atoms with Gasteiger partial charge in [0.25, 0.3) is 0 Å². The van der Waals surface area contributed by atoms with Crippen LogP contribution in [-0.2, 0) is 6.42 Å². The van der Waals surface area contributed by atoms with Gasteiger partial charge in [0.15, 0.2) is 5.82 Å². The van der Waals surface area contributed by atoms with Gasteiger partial charge in [-0.05, 0) is 38.9 Å². The molecule has 2 N–H and O–H groups in total. The molecule has 1 aromatic rings. The third-order valence-electron chi connectivity index (χ3n) is 4.47. The van der Waals surface area contributed by atoms with Crippen molar-refractivity contribution in [3.63, 3.8) is 0 Å². The fourth-order valence-electron chi connectivity index (χ4n) is 2.75. The third-order valence-corrected chi connectivity index (χ3v) is 4.47. The lowest BCUT2D eigenvalue weighted by molar-refractivity contribution is 0.108. The number of nitrogens with zero attached hydrogens (tertiary/aromatic N) is 4. The van der Waals surface area contributed by atoms with E-state index in [9.17, 15) is 0 Å². The molecule has 6 nitrogen and oxygen atoms in total. The summed E-state index contributed by atoms with van der Waals surface area (Å²) in [5, 5.41) is 4.19. The number of aryl methyl sites for hydroxylation is 1. The highest BCUT2D eigenvalue weighted by Crippen LogP contribution is 2.27. The number of nitrogens with two attached hydrogens (primary N) is 1. The standard InChI is InChI=1S/C15H29N5O/c1-15(2,7-8-16)6-5-13-17-14(18-21-13)12-11-19(3)9-10-20(12)4/h12H,5-11,16H2,1-4H3. The van der Waals surface area contributed by atoms with Crippen LogP contribution < -0.4 is 5.73 Å². The maximum absolute atomic E-state index is 5.65. The first-order valence-corrected chi connectivity index (χ1v) is 7.82. The smallest absolute Gasteiger partial charge is 0.226 e. The van der Waals surface area contributed by atoms with Crippen LogP contribution in [0.5, 0.6) is 0 Å². The Hall–Kier alpha value is -0.980. The van der Waals surface area contributed by atoms with Crippen molar-refractivity contribution in [3.8, 4) is 0 Å². The Balaban J connectivity index is 1.95. The van der Waals surface area contributed by atoms with E-state index >= 15 is 0 Å². The molecule has 0 aliphatic carbocycles. The summed E-state index contributed by atoms with van der Waals surface area (Å²) in [7, 11) is 4.26. The molecule has 1 fully saturated rings. The summed E-state index contributed by atoms with van der Waals surface area (Å²) >= 11 is 0. The molecule has 6 heteroatoms. The van der Waals surface area contributed by atoms with Gasteiger partial charge in [-0.25, -0.2) is 0 Å². The average molecular weight is 295 g/mol. The van der Waals surface area contributed by atoms with Crippen LogP contribution in [-0.4, -0.2) is 60.2 Å². The normalized spacial score (nSPS) is 21.9. The molecule has 0 saturated carbocycles. The first-order valence-electron chi connectivity index (χ1n) is 7.82. The van der Waals surface area contributed by atoms with E-state index in [1.807, 2.05) is 0 Å². The number of hydrogen-bond acceptors (Lipinski definition) is 6. The van der Waals surface area contributed by atoms with Crippen molar-refractivity contribution < 1.29 is 4.52 Å². The van der Waals surface area contributed by atoms with E-state index in [2.05, 4.69) is 47.9 Å². The predicted octanol–water partition coefficient (Wildman–Crippen LogP) is 1.30. The minimum Gasteiger partial charge on any atom is -0.339 e. The lowest BCUT2D eigenvalue weighted by Gasteiger charge is -2.35. The summed E-state index contributed by atoms with van der Waals surface area (Å²) < 4.78 is 5.44. The van der Waals surface area contributed by atoms with Gasteiger partial charge in [-0.1, -0.05) is 19.0 Å². The van der Waals surface area contributed by atoms with Gasteiger partial charge in [0, 0.05) is 26.1 Å². The Bertz CT molecular complexity index is 445. The maximum atomic E-state index is 5.65. The second kappa shape index (κ2) is 6.85. The first-order chi connectivity index (χ1) is 9.91. The van der Waals surface area contributed by atoms with Crippen LogP contribution in [0.15, 0.2) is 4.52 Å². The molecule has 0 aromatic carbocycles. The number of aromatic nitrogens is 2. The van der Waals surface area contributed by atoms with Crippen molar-refractivity contribution in [2.45, 2.75) is 39.2 Å². The SMILES string of the molecule is CN1CCN(C)C(c2noc(CCC(C)(C)CCN)n2)C1. The molecule has 120 valence electrons. The molecule has 2 heterocycles. The lowest BCUT2D eigenvalue weighted by atomic mass is 9.84.